The van der Waals surface area contributed by atoms with E-state index in [-0.39, 0.29) is 0 Å². The van der Waals surface area contributed by atoms with Gasteiger partial charge >= 0.3 is 0 Å². The Kier molecular flexibility index (Phi) is 4.99. The van der Waals surface area contributed by atoms with Gasteiger partial charge in [0.1, 0.15) is 11.3 Å². The molecule has 0 fully saturated rings. The number of hydrogen-bond acceptors (Lipinski definition) is 6. The van der Waals surface area contributed by atoms with Crippen LogP contribution in [0.1, 0.15) is 5.56 Å². The molecular formula is C25H22N4O3. The molecule has 2 heterocycles. The van der Waals surface area contributed by atoms with E-state index in [9.17, 15) is 0 Å². The van der Waals surface area contributed by atoms with Crippen LogP contribution in [-0.4, -0.2) is 24.2 Å². The lowest BCUT2D eigenvalue weighted by molar-refractivity contribution is 0.355. The molecule has 0 unspecified atom stereocenters. The van der Waals surface area contributed by atoms with E-state index < -0.39 is 0 Å². The number of aromatic nitrogens is 2. The fourth-order valence-corrected chi connectivity index (χ4v) is 3.62. The molecule has 2 aromatic heterocycles. The first-order chi connectivity index (χ1) is 15.6. The van der Waals surface area contributed by atoms with Gasteiger partial charge in [-0.25, -0.2) is 10.4 Å². The van der Waals surface area contributed by atoms with Crippen molar-refractivity contribution in [2.24, 2.45) is 5.10 Å². The number of rotatable bonds is 5. The van der Waals surface area contributed by atoms with Gasteiger partial charge in [0.2, 0.25) is 5.95 Å². The topological polar surface area (TPSA) is 84.7 Å². The molecule has 0 amide bonds. The van der Waals surface area contributed by atoms with Crippen molar-refractivity contribution in [1.29, 1.82) is 0 Å². The molecule has 7 nitrogen and oxygen atoms in total. The highest BCUT2D eigenvalue weighted by Crippen LogP contribution is 2.32. The second-order valence-corrected chi connectivity index (χ2v) is 7.39. The summed E-state index contributed by atoms with van der Waals surface area (Å²) in [5, 5.41) is 6.26. The Balaban J connectivity index is 1.63. The van der Waals surface area contributed by atoms with E-state index in [4.69, 9.17) is 13.9 Å². The van der Waals surface area contributed by atoms with Crippen LogP contribution in [0.5, 0.6) is 11.5 Å². The van der Waals surface area contributed by atoms with Crippen LogP contribution in [0.4, 0.5) is 5.95 Å². The number of fused-ring (bicyclic) bond motifs is 2. The Hall–Kier alpha value is -4.26. The molecule has 3 aromatic carbocycles. The van der Waals surface area contributed by atoms with E-state index in [1.165, 1.54) is 0 Å². The summed E-state index contributed by atoms with van der Waals surface area (Å²) in [4.78, 5) is 7.76. The zero-order chi connectivity index (χ0) is 22.1. The number of para-hydroxylation sites is 2. The Bertz CT molecular complexity index is 1470. The molecule has 0 saturated heterocycles. The summed E-state index contributed by atoms with van der Waals surface area (Å²) in [5.74, 6) is 2.52. The summed E-state index contributed by atoms with van der Waals surface area (Å²) in [5.41, 5.74) is 7.56. The number of nitrogens with zero attached hydrogens (tertiary/aromatic N) is 2. The molecule has 0 aliphatic carbocycles. The highest BCUT2D eigenvalue weighted by molar-refractivity contribution is 5.80. The first-order valence-electron chi connectivity index (χ1n) is 10.2. The van der Waals surface area contributed by atoms with Crippen molar-refractivity contribution in [1.82, 2.24) is 9.97 Å². The van der Waals surface area contributed by atoms with Crippen molar-refractivity contribution < 1.29 is 13.9 Å². The number of anilines is 1. The maximum atomic E-state index is 6.23. The number of hydrogen-bond donors (Lipinski definition) is 2. The van der Waals surface area contributed by atoms with Crippen LogP contribution in [0.25, 0.3) is 33.3 Å². The number of aryl methyl sites for hydroxylation is 1. The molecule has 0 saturated carbocycles. The zero-order valence-electron chi connectivity index (χ0n) is 18.0. The predicted molar refractivity (Wildman–Crippen MR) is 125 cm³/mol. The Labute approximate surface area is 184 Å². The highest BCUT2D eigenvalue weighted by atomic mass is 16.5. The van der Waals surface area contributed by atoms with Crippen LogP contribution >= 0.6 is 0 Å². The number of nitrogens with one attached hydrogen (secondary N) is 2. The number of methoxy groups -OCH3 is 2. The normalized spacial score (nSPS) is 11.8. The van der Waals surface area contributed by atoms with Gasteiger partial charge in [-0.2, -0.15) is 5.10 Å². The Morgan fingerprint density at radius 3 is 2.59 bits per heavy atom. The van der Waals surface area contributed by atoms with Crippen molar-refractivity contribution in [3.05, 3.63) is 77.7 Å². The summed E-state index contributed by atoms with van der Waals surface area (Å²) in [6, 6.07) is 21.4. The monoisotopic (exact) mass is 426 g/mol. The standard InChI is InChI=1S/C25H22N4O3/c1-15-8-10-17-20(28-29-25-26-18-6-4-5-7-19(18)27-25)14-22(32-23(17)12-15)16-9-11-21(30-2)24(13-16)31-3/h4-14H,1-3H3,(H2,26,27,29)/b28-20+. The minimum absolute atomic E-state index is 0.569. The summed E-state index contributed by atoms with van der Waals surface area (Å²) in [6.45, 7) is 2.03. The first-order valence-corrected chi connectivity index (χ1v) is 10.2. The third-order valence-corrected chi connectivity index (χ3v) is 5.24. The largest absolute Gasteiger partial charge is 0.493 e. The summed E-state index contributed by atoms with van der Waals surface area (Å²) >= 11 is 0. The second-order valence-electron chi connectivity index (χ2n) is 7.39. The van der Waals surface area contributed by atoms with Crippen molar-refractivity contribution in [3.63, 3.8) is 0 Å². The number of imidazole rings is 1. The summed E-state index contributed by atoms with van der Waals surface area (Å²) in [7, 11) is 3.22. The summed E-state index contributed by atoms with van der Waals surface area (Å²) < 4.78 is 17.0. The number of benzene rings is 3. The first kappa shape index (κ1) is 19.7. The lowest BCUT2D eigenvalue weighted by atomic mass is 10.1. The molecule has 7 heteroatoms. The zero-order valence-corrected chi connectivity index (χ0v) is 18.0. The molecule has 0 aliphatic heterocycles. The lowest BCUT2D eigenvalue weighted by Gasteiger charge is -2.10. The molecule has 32 heavy (non-hydrogen) atoms. The highest BCUT2D eigenvalue weighted by Gasteiger charge is 2.11. The average Bonchev–Trinajstić information content (AvgIpc) is 3.24. The summed E-state index contributed by atoms with van der Waals surface area (Å²) in [6.07, 6.45) is 0. The quantitative estimate of drug-likeness (QED) is 0.376. The molecule has 0 atom stereocenters. The van der Waals surface area contributed by atoms with E-state index in [0.717, 1.165) is 38.5 Å². The maximum Gasteiger partial charge on any atom is 0.222 e. The number of aromatic amines is 1. The van der Waals surface area contributed by atoms with Gasteiger partial charge in [-0.3, -0.25) is 0 Å². The maximum absolute atomic E-state index is 6.23. The van der Waals surface area contributed by atoms with Crippen LogP contribution in [0.15, 0.2) is 76.2 Å². The van der Waals surface area contributed by atoms with Crippen LogP contribution < -0.4 is 20.3 Å². The Morgan fingerprint density at radius 2 is 1.78 bits per heavy atom. The van der Waals surface area contributed by atoms with Gasteiger partial charge in [-0.05, 0) is 55.0 Å². The minimum atomic E-state index is 0.569. The lowest BCUT2D eigenvalue weighted by Crippen LogP contribution is -2.08. The molecule has 5 rings (SSSR count). The number of ether oxygens (including phenoxy) is 2. The second kappa shape index (κ2) is 8.11. The van der Waals surface area contributed by atoms with Gasteiger partial charge in [-0.1, -0.05) is 18.2 Å². The van der Waals surface area contributed by atoms with Gasteiger partial charge in [0.15, 0.2) is 11.5 Å². The van der Waals surface area contributed by atoms with Crippen LogP contribution in [-0.2, 0) is 0 Å². The molecule has 160 valence electrons. The van der Waals surface area contributed by atoms with Crippen molar-refractivity contribution in [2.75, 3.05) is 19.6 Å². The van der Waals surface area contributed by atoms with Gasteiger partial charge in [0, 0.05) is 17.0 Å². The molecule has 0 radical (unpaired) electrons. The van der Waals surface area contributed by atoms with Gasteiger partial charge in [0.05, 0.1) is 30.6 Å². The van der Waals surface area contributed by atoms with Crippen molar-refractivity contribution >= 4 is 28.0 Å². The van der Waals surface area contributed by atoms with Crippen LogP contribution in [0.3, 0.4) is 0 Å². The van der Waals surface area contributed by atoms with Gasteiger partial charge in [-0.15, -0.1) is 0 Å². The van der Waals surface area contributed by atoms with Crippen molar-refractivity contribution in [2.45, 2.75) is 6.92 Å². The van der Waals surface area contributed by atoms with E-state index in [0.29, 0.717) is 23.2 Å². The molecule has 5 aromatic rings. The van der Waals surface area contributed by atoms with Gasteiger partial charge < -0.3 is 18.9 Å². The SMILES string of the molecule is COc1ccc(-c2c/c(=N\Nc3nc4ccccc4[nH]3)c3ccc(C)cc3o2)cc1OC. The predicted octanol–water partition coefficient (Wildman–Crippen LogP) is 5.23. The van der Waals surface area contributed by atoms with E-state index in [2.05, 4.69) is 20.5 Å². The van der Waals surface area contributed by atoms with E-state index in [1.807, 2.05) is 73.7 Å². The molecular weight excluding hydrogens is 404 g/mol. The van der Waals surface area contributed by atoms with Crippen LogP contribution in [0.2, 0.25) is 0 Å². The fourth-order valence-electron chi connectivity index (χ4n) is 3.62. The van der Waals surface area contributed by atoms with Crippen LogP contribution in [0, 0.1) is 6.92 Å². The molecule has 2 N–H and O–H groups in total. The van der Waals surface area contributed by atoms with E-state index in [1.54, 1.807) is 14.2 Å². The molecule has 0 spiro atoms. The van der Waals surface area contributed by atoms with E-state index >= 15 is 0 Å². The number of H-pyrrole nitrogens is 1. The third kappa shape index (κ3) is 3.65. The smallest absolute Gasteiger partial charge is 0.222 e. The van der Waals surface area contributed by atoms with Gasteiger partial charge in [0.25, 0.3) is 0 Å². The van der Waals surface area contributed by atoms with Crippen molar-refractivity contribution in [3.8, 4) is 22.8 Å². The third-order valence-electron chi connectivity index (χ3n) is 5.24. The average molecular weight is 426 g/mol. The minimum Gasteiger partial charge on any atom is -0.493 e. The Morgan fingerprint density at radius 1 is 0.938 bits per heavy atom. The molecule has 0 aliphatic rings. The molecule has 0 bridgehead atoms. The fraction of sp³-hybridized carbons (Fsp3) is 0.120.